The molecule has 0 fully saturated rings. The van der Waals surface area contributed by atoms with Gasteiger partial charge in [0.15, 0.2) is 0 Å². The van der Waals surface area contributed by atoms with Crippen molar-refractivity contribution in [2.24, 2.45) is 0 Å². The van der Waals surface area contributed by atoms with Crippen molar-refractivity contribution in [1.82, 2.24) is 15.0 Å². The summed E-state index contributed by atoms with van der Waals surface area (Å²) in [4.78, 5) is 0. The number of nitrogens with zero attached hydrogens (tertiary/aromatic N) is 3. The van der Waals surface area contributed by atoms with E-state index in [1.54, 1.807) is 31.2 Å². The average molecular weight is 320 g/mol. The zero-order valence-corrected chi connectivity index (χ0v) is 11.9. The summed E-state index contributed by atoms with van der Waals surface area (Å²) >= 11 is 5.79. The van der Waals surface area contributed by atoms with Crippen LogP contribution in [0, 0.1) is 6.92 Å². The van der Waals surface area contributed by atoms with Gasteiger partial charge in [0.05, 0.1) is 24.8 Å². The Balaban J connectivity index is 2.15. The van der Waals surface area contributed by atoms with Gasteiger partial charge in [0.2, 0.25) is 0 Å². The fourth-order valence-corrected chi connectivity index (χ4v) is 2.07. The number of hydrogen-bond acceptors (Lipinski definition) is 3. The minimum atomic E-state index is -4.41. The molecule has 1 heterocycles. The molecule has 1 N–H and O–H groups in total. The first-order valence-electron chi connectivity index (χ1n) is 6.17. The highest BCUT2D eigenvalue weighted by molar-refractivity contribution is 6.30. The van der Waals surface area contributed by atoms with Gasteiger partial charge in [-0.3, -0.25) is 0 Å². The maximum atomic E-state index is 12.2. The number of hydrogen-bond donors (Lipinski definition) is 1. The summed E-state index contributed by atoms with van der Waals surface area (Å²) in [5, 5.41) is 17.8. The molecule has 1 aromatic heterocycles. The van der Waals surface area contributed by atoms with Gasteiger partial charge >= 0.3 is 6.18 Å². The molecule has 0 aliphatic heterocycles. The minimum absolute atomic E-state index is 0.258. The summed E-state index contributed by atoms with van der Waals surface area (Å²) < 4.78 is 37.9. The Morgan fingerprint density at radius 1 is 1.29 bits per heavy atom. The Hall–Kier alpha value is -1.60. The Morgan fingerprint density at radius 3 is 2.48 bits per heavy atom. The van der Waals surface area contributed by atoms with Crippen LogP contribution < -0.4 is 0 Å². The standard InChI is InChI=1S/C13H13ClF3N3O/c1-8-12(9-2-4-10(14)5-3-9)18-19-20(8)7-11(21)6-13(15,16)17/h2-5,11,21H,6-7H2,1H3. The number of aliphatic hydroxyl groups is 1. The molecule has 1 aromatic carbocycles. The van der Waals surface area contributed by atoms with Crippen molar-refractivity contribution >= 4 is 11.6 Å². The predicted molar refractivity (Wildman–Crippen MR) is 71.9 cm³/mol. The summed E-state index contributed by atoms with van der Waals surface area (Å²) in [6, 6.07) is 6.87. The molecule has 4 nitrogen and oxygen atoms in total. The molecule has 0 saturated heterocycles. The van der Waals surface area contributed by atoms with Crippen LogP contribution in [0.15, 0.2) is 24.3 Å². The molecule has 1 atom stereocenters. The molecule has 8 heteroatoms. The Labute approximate surface area is 124 Å². The summed E-state index contributed by atoms with van der Waals surface area (Å²) in [6.07, 6.45) is -7.24. The van der Waals surface area contributed by atoms with Gasteiger partial charge in [0.1, 0.15) is 5.69 Å². The van der Waals surface area contributed by atoms with Crippen LogP contribution in [0.3, 0.4) is 0 Å². The average Bonchev–Trinajstić information content (AvgIpc) is 2.70. The number of aromatic nitrogens is 3. The summed E-state index contributed by atoms with van der Waals surface area (Å²) in [5.41, 5.74) is 1.89. The first kappa shape index (κ1) is 15.8. The second kappa shape index (κ2) is 6.03. The van der Waals surface area contributed by atoms with Gasteiger partial charge in [-0.25, -0.2) is 4.68 Å². The molecule has 0 spiro atoms. The highest BCUT2D eigenvalue weighted by Gasteiger charge is 2.31. The molecule has 0 aliphatic carbocycles. The molecule has 0 amide bonds. The summed E-state index contributed by atoms with van der Waals surface area (Å²) in [5.74, 6) is 0. The van der Waals surface area contributed by atoms with Crippen LogP contribution in [0.5, 0.6) is 0 Å². The van der Waals surface area contributed by atoms with E-state index in [0.717, 1.165) is 5.56 Å². The lowest BCUT2D eigenvalue weighted by atomic mass is 10.1. The zero-order valence-electron chi connectivity index (χ0n) is 11.1. The monoisotopic (exact) mass is 319 g/mol. The summed E-state index contributed by atoms with van der Waals surface area (Å²) in [7, 11) is 0. The summed E-state index contributed by atoms with van der Waals surface area (Å²) in [6.45, 7) is 1.43. The first-order chi connectivity index (χ1) is 9.76. The normalized spacial score (nSPS) is 13.4. The fourth-order valence-electron chi connectivity index (χ4n) is 1.94. The second-order valence-corrected chi connectivity index (χ2v) is 5.12. The molecule has 1 unspecified atom stereocenters. The Morgan fingerprint density at radius 2 is 1.90 bits per heavy atom. The van der Waals surface area contributed by atoms with E-state index in [0.29, 0.717) is 16.4 Å². The van der Waals surface area contributed by atoms with Crippen LogP contribution in [0.4, 0.5) is 13.2 Å². The van der Waals surface area contributed by atoms with Crippen LogP contribution in [-0.4, -0.2) is 32.4 Å². The number of rotatable bonds is 4. The van der Waals surface area contributed by atoms with Crippen molar-refractivity contribution < 1.29 is 18.3 Å². The molecule has 2 aromatic rings. The van der Waals surface area contributed by atoms with Gasteiger partial charge in [-0.2, -0.15) is 13.2 Å². The largest absolute Gasteiger partial charge is 0.391 e. The van der Waals surface area contributed by atoms with Gasteiger partial charge in [0.25, 0.3) is 0 Å². The SMILES string of the molecule is Cc1c(-c2ccc(Cl)cc2)nnn1CC(O)CC(F)(F)F. The molecular weight excluding hydrogens is 307 g/mol. The van der Waals surface area contributed by atoms with E-state index in [1.165, 1.54) is 4.68 Å². The lowest BCUT2D eigenvalue weighted by Gasteiger charge is -2.13. The zero-order chi connectivity index (χ0) is 15.6. The van der Waals surface area contributed by atoms with Crippen LogP contribution in [-0.2, 0) is 6.54 Å². The van der Waals surface area contributed by atoms with Crippen LogP contribution in [0.1, 0.15) is 12.1 Å². The first-order valence-corrected chi connectivity index (χ1v) is 6.55. The van der Waals surface area contributed by atoms with Gasteiger partial charge in [0, 0.05) is 10.6 Å². The van der Waals surface area contributed by atoms with Gasteiger partial charge in [-0.05, 0) is 19.1 Å². The number of aliphatic hydroxyl groups excluding tert-OH is 1. The van der Waals surface area contributed by atoms with Crippen molar-refractivity contribution in [3.8, 4) is 11.3 Å². The minimum Gasteiger partial charge on any atom is -0.391 e. The van der Waals surface area contributed by atoms with Crippen molar-refractivity contribution in [3.63, 3.8) is 0 Å². The maximum absolute atomic E-state index is 12.2. The van der Waals surface area contributed by atoms with E-state index in [1.807, 2.05) is 0 Å². The van der Waals surface area contributed by atoms with E-state index in [4.69, 9.17) is 11.6 Å². The topological polar surface area (TPSA) is 50.9 Å². The highest BCUT2D eigenvalue weighted by atomic mass is 35.5. The molecule has 0 radical (unpaired) electrons. The molecule has 0 aliphatic rings. The van der Waals surface area contributed by atoms with Crippen molar-refractivity contribution in [3.05, 3.63) is 35.0 Å². The van der Waals surface area contributed by atoms with Crippen molar-refractivity contribution in [2.75, 3.05) is 0 Å². The number of halogens is 4. The molecule has 0 bridgehead atoms. The predicted octanol–water partition coefficient (Wildman–Crippen LogP) is 3.22. The quantitative estimate of drug-likeness (QED) is 0.941. The number of benzene rings is 1. The van der Waals surface area contributed by atoms with Gasteiger partial charge < -0.3 is 5.11 Å². The van der Waals surface area contributed by atoms with E-state index in [-0.39, 0.29) is 6.54 Å². The highest BCUT2D eigenvalue weighted by Crippen LogP contribution is 2.24. The van der Waals surface area contributed by atoms with E-state index < -0.39 is 18.7 Å². The number of alkyl halides is 3. The lowest BCUT2D eigenvalue weighted by Crippen LogP contribution is -2.25. The third-order valence-electron chi connectivity index (χ3n) is 2.95. The van der Waals surface area contributed by atoms with Crippen molar-refractivity contribution in [1.29, 1.82) is 0 Å². The smallest absolute Gasteiger partial charge is 0.391 e. The molecular formula is C13H13ClF3N3O. The Bertz CT molecular complexity index is 610. The van der Waals surface area contributed by atoms with Crippen LogP contribution in [0.25, 0.3) is 11.3 Å². The molecule has 0 saturated carbocycles. The van der Waals surface area contributed by atoms with Crippen LogP contribution in [0.2, 0.25) is 5.02 Å². The van der Waals surface area contributed by atoms with Gasteiger partial charge in [-0.1, -0.05) is 28.9 Å². The van der Waals surface area contributed by atoms with Crippen molar-refractivity contribution in [2.45, 2.75) is 32.2 Å². The van der Waals surface area contributed by atoms with Crippen LogP contribution >= 0.6 is 11.6 Å². The maximum Gasteiger partial charge on any atom is 0.391 e. The third kappa shape index (κ3) is 4.18. The third-order valence-corrected chi connectivity index (χ3v) is 3.20. The molecule has 21 heavy (non-hydrogen) atoms. The Kier molecular flexibility index (Phi) is 4.53. The molecule has 114 valence electrons. The molecule has 2 rings (SSSR count). The fraction of sp³-hybridized carbons (Fsp3) is 0.385. The van der Waals surface area contributed by atoms with E-state index in [9.17, 15) is 18.3 Å². The second-order valence-electron chi connectivity index (χ2n) is 4.69. The van der Waals surface area contributed by atoms with E-state index >= 15 is 0 Å². The lowest BCUT2D eigenvalue weighted by molar-refractivity contribution is -0.155. The van der Waals surface area contributed by atoms with E-state index in [2.05, 4.69) is 10.3 Å². The van der Waals surface area contributed by atoms with Gasteiger partial charge in [-0.15, -0.1) is 5.10 Å².